The summed E-state index contributed by atoms with van der Waals surface area (Å²) in [7, 11) is 2.97. The first-order valence-electron chi connectivity index (χ1n) is 6.05. The van der Waals surface area contributed by atoms with Gasteiger partial charge >= 0.3 is 5.97 Å². The Hall–Kier alpha value is -1.14. The number of methoxy groups -OCH3 is 2. The van der Waals surface area contributed by atoms with Gasteiger partial charge in [-0.25, -0.2) is 0 Å². The smallest absolute Gasteiger partial charge is 0.307 e. The number of rotatable bonds is 6. The summed E-state index contributed by atoms with van der Waals surface area (Å²) in [5, 5.41) is 11.8. The Bertz CT molecular complexity index is 303. The first kappa shape index (κ1) is 14.9. The summed E-state index contributed by atoms with van der Waals surface area (Å²) in [4.78, 5) is 23.0. The van der Waals surface area contributed by atoms with Crippen LogP contribution in [0.15, 0.2) is 0 Å². The number of carbonyl (C=O) groups is 2. The molecule has 6 nitrogen and oxygen atoms in total. The quantitative estimate of drug-likeness (QED) is 0.677. The third-order valence-electron chi connectivity index (χ3n) is 3.42. The van der Waals surface area contributed by atoms with Crippen LogP contribution in [-0.2, 0) is 19.1 Å². The lowest BCUT2D eigenvalue weighted by Gasteiger charge is -2.18. The van der Waals surface area contributed by atoms with Crippen molar-refractivity contribution < 1.29 is 24.2 Å². The van der Waals surface area contributed by atoms with E-state index in [-0.39, 0.29) is 18.4 Å². The molecular formula is C12H21NO5. The first-order chi connectivity index (χ1) is 8.49. The second-order valence-electron chi connectivity index (χ2n) is 4.77. The van der Waals surface area contributed by atoms with Crippen LogP contribution in [0, 0.1) is 17.8 Å². The molecule has 2 N–H and O–H groups in total. The van der Waals surface area contributed by atoms with E-state index < -0.39 is 24.1 Å². The van der Waals surface area contributed by atoms with E-state index in [0.717, 1.165) is 0 Å². The van der Waals surface area contributed by atoms with E-state index in [0.29, 0.717) is 12.8 Å². The molecule has 1 saturated carbocycles. The van der Waals surface area contributed by atoms with Crippen molar-refractivity contribution in [2.24, 2.45) is 17.8 Å². The maximum atomic E-state index is 12.0. The van der Waals surface area contributed by atoms with Crippen LogP contribution in [0.3, 0.4) is 0 Å². The molecule has 0 aromatic carbocycles. The van der Waals surface area contributed by atoms with Gasteiger partial charge in [-0.05, 0) is 18.8 Å². The van der Waals surface area contributed by atoms with Crippen LogP contribution in [0.2, 0.25) is 0 Å². The Morgan fingerprint density at radius 1 is 1.28 bits per heavy atom. The molecule has 1 fully saturated rings. The third kappa shape index (κ3) is 3.68. The highest BCUT2D eigenvalue weighted by molar-refractivity contribution is 5.85. The highest BCUT2D eigenvalue weighted by atomic mass is 16.7. The van der Waals surface area contributed by atoms with E-state index in [9.17, 15) is 9.59 Å². The molecule has 0 saturated heterocycles. The fourth-order valence-electron chi connectivity index (χ4n) is 2.43. The monoisotopic (exact) mass is 259 g/mol. The maximum Gasteiger partial charge on any atom is 0.307 e. The van der Waals surface area contributed by atoms with Crippen LogP contribution in [-0.4, -0.2) is 44.0 Å². The molecule has 0 heterocycles. The average Bonchev–Trinajstić information content (AvgIpc) is 2.72. The number of hydrogen-bond acceptors (Lipinski definition) is 4. The minimum absolute atomic E-state index is 0.225. The molecule has 1 unspecified atom stereocenters. The molecule has 0 aliphatic heterocycles. The molecular weight excluding hydrogens is 238 g/mol. The number of aliphatic carboxylic acids is 1. The van der Waals surface area contributed by atoms with Crippen molar-refractivity contribution in [3.8, 4) is 0 Å². The summed E-state index contributed by atoms with van der Waals surface area (Å²) < 4.78 is 9.91. The second-order valence-corrected chi connectivity index (χ2v) is 4.77. The molecule has 0 aromatic rings. The molecule has 3 atom stereocenters. The molecule has 0 spiro atoms. The lowest BCUT2D eigenvalue weighted by molar-refractivity contribution is -0.146. The molecule has 6 heteroatoms. The fraction of sp³-hybridized carbons (Fsp3) is 0.833. The van der Waals surface area contributed by atoms with Crippen LogP contribution in [0.25, 0.3) is 0 Å². The number of carboxylic acids is 1. The van der Waals surface area contributed by atoms with E-state index in [1.807, 2.05) is 6.92 Å². The Balaban J connectivity index is 2.52. The molecule has 0 bridgehead atoms. The molecule has 1 amide bonds. The predicted molar refractivity (Wildman–Crippen MR) is 63.8 cm³/mol. The van der Waals surface area contributed by atoms with Gasteiger partial charge in [0.15, 0.2) is 6.29 Å². The summed E-state index contributed by atoms with van der Waals surface area (Å²) in [5.41, 5.74) is 0. The standard InChI is InChI=1S/C12H21NO5/c1-7-4-8(9(5-7)12(15)16)11(14)13-6-10(17-2)18-3/h7-10H,4-6H2,1-3H3,(H,13,14)(H,15,16)/t7?,8-,9+/m0/s1. The molecule has 0 radical (unpaired) electrons. The Morgan fingerprint density at radius 3 is 2.33 bits per heavy atom. The molecule has 1 aliphatic carbocycles. The number of carbonyl (C=O) groups excluding carboxylic acids is 1. The Kier molecular flexibility index (Phi) is 5.55. The highest BCUT2D eigenvalue weighted by Gasteiger charge is 2.41. The van der Waals surface area contributed by atoms with Gasteiger partial charge in [0.05, 0.1) is 18.4 Å². The van der Waals surface area contributed by atoms with Gasteiger partial charge in [-0.3, -0.25) is 9.59 Å². The van der Waals surface area contributed by atoms with Crippen molar-refractivity contribution in [2.75, 3.05) is 20.8 Å². The van der Waals surface area contributed by atoms with Gasteiger partial charge < -0.3 is 19.9 Å². The van der Waals surface area contributed by atoms with Crippen molar-refractivity contribution in [1.82, 2.24) is 5.32 Å². The van der Waals surface area contributed by atoms with Gasteiger partial charge in [-0.1, -0.05) is 6.92 Å². The van der Waals surface area contributed by atoms with Gasteiger partial charge in [0, 0.05) is 14.2 Å². The van der Waals surface area contributed by atoms with Gasteiger partial charge in [0.2, 0.25) is 5.91 Å². The predicted octanol–water partition coefficient (Wildman–Crippen LogP) is 0.468. The van der Waals surface area contributed by atoms with Gasteiger partial charge in [-0.15, -0.1) is 0 Å². The molecule has 18 heavy (non-hydrogen) atoms. The summed E-state index contributed by atoms with van der Waals surface area (Å²) in [5.74, 6) is -1.89. The first-order valence-corrected chi connectivity index (χ1v) is 6.05. The van der Waals surface area contributed by atoms with Crippen molar-refractivity contribution in [3.63, 3.8) is 0 Å². The fourth-order valence-corrected chi connectivity index (χ4v) is 2.43. The van der Waals surface area contributed by atoms with Crippen LogP contribution in [0.5, 0.6) is 0 Å². The Morgan fingerprint density at radius 2 is 1.83 bits per heavy atom. The van der Waals surface area contributed by atoms with E-state index in [4.69, 9.17) is 14.6 Å². The van der Waals surface area contributed by atoms with Gasteiger partial charge in [0.1, 0.15) is 0 Å². The third-order valence-corrected chi connectivity index (χ3v) is 3.42. The average molecular weight is 259 g/mol. The van der Waals surface area contributed by atoms with Crippen molar-refractivity contribution in [3.05, 3.63) is 0 Å². The lowest BCUT2D eigenvalue weighted by atomic mass is 9.95. The van der Waals surface area contributed by atoms with Crippen LogP contribution in [0.1, 0.15) is 19.8 Å². The largest absolute Gasteiger partial charge is 0.481 e. The SMILES string of the molecule is COC(CNC(=O)[C@H]1CC(C)C[C@H]1C(=O)O)OC. The highest BCUT2D eigenvalue weighted by Crippen LogP contribution is 2.36. The number of ether oxygens (including phenoxy) is 2. The van der Waals surface area contributed by atoms with E-state index in [1.54, 1.807) is 0 Å². The molecule has 1 rings (SSSR count). The zero-order valence-corrected chi connectivity index (χ0v) is 11.0. The number of hydrogen-bond donors (Lipinski definition) is 2. The second kappa shape index (κ2) is 6.70. The zero-order valence-electron chi connectivity index (χ0n) is 11.0. The minimum Gasteiger partial charge on any atom is -0.481 e. The minimum atomic E-state index is -0.894. The summed E-state index contributed by atoms with van der Waals surface area (Å²) in [6.07, 6.45) is 0.676. The van der Waals surface area contributed by atoms with Gasteiger partial charge in [0.25, 0.3) is 0 Å². The number of carboxylic acid groups (broad SMARTS) is 1. The normalized spacial score (nSPS) is 27.4. The van der Waals surface area contributed by atoms with E-state index >= 15 is 0 Å². The Labute approximate surface area is 107 Å². The van der Waals surface area contributed by atoms with Crippen LogP contribution >= 0.6 is 0 Å². The summed E-state index contributed by atoms with van der Waals surface area (Å²) >= 11 is 0. The van der Waals surface area contributed by atoms with Crippen molar-refractivity contribution in [2.45, 2.75) is 26.1 Å². The van der Waals surface area contributed by atoms with Crippen molar-refractivity contribution in [1.29, 1.82) is 0 Å². The molecule has 1 aliphatic rings. The van der Waals surface area contributed by atoms with Crippen LogP contribution < -0.4 is 5.32 Å². The van der Waals surface area contributed by atoms with E-state index in [1.165, 1.54) is 14.2 Å². The van der Waals surface area contributed by atoms with Crippen LogP contribution in [0.4, 0.5) is 0 Å². The summed E-state index contributed by atoms with van der Waals surface area (Å²) in [6.45, 7) is 2.19. The van der Waals surface area contributed by atoms with E-state index in [2.05, 4.69) is 5.32 Å². The number of amides is 1. The maximum absolute atomic E-state index is 12.0. The topological polar surface area (TPSA) is 84.9 Å². The van der Waals surface area contributed by atoms with Crippen molar-refractivity contribution >= 4 is 11.9 Å². The van der Waals surface area contributed by atoms with Gasteiger partial charge in [-0.2, -0.15) is 0 Å². The summed E-state index contributed by atoms with van der Waals surface area (Å²) in [6, 6.07) is 0. The zero-order chi connectivity index (χ0) is 13.7. The molecule has 0 aromatic heterocycles. The lowest BCUT2D eigenvalue weighted by Crippen LogP contribution is -2.40. The molecule has 104 valence electrons. The number of nitrogens with one attached hydrogen (secondary N) is 1.